The predicted octanol–water partition coefficient (Wildman–Crippen LogP) is 4.14. The summed E-state index contributed by atoms with van der Waals surface area (Å²) >= 11 is 0. The van der Waals surface area contributed by atoms with E-state index < -0.39 is 0 Å². The van der Waals surface area contributed by atoms with Crippen molar-refractivity contribution in [2.45, 2.75) is 0 Å². The topological polar surface area (TPSA) is 66.2 Å². The first-order chi connectivity index (χ1) is 12.7. The summed E-state index contributed by atoms with van der Waals surface area (Å²) in [5, 5.41) is 9.12. The Balaban J connectivity index is 2.40. The van der Waals surface area contributed by atoms with Crippen molar-refractivity contribution in [2.24, 2.45) is 0 Å². The van der Waals surface area contributed by atoms with Crippen molar-refractivity contribution in [3.8, 4) is 17.7 Å². The Kier molecular flexibility index (Phi) is 6.90. The molecule has 0 saturated carbocycles. The van der Waals surface area contributed by atoms with Crippen LogP contribution in [0.25, 0.3) is 0 Å². The molecule has 26 heavy (non-hydrogen) atoms. The van der Waals surface area contributed by atoms with Crippen LogP contribution in [0.3, 0.4) is 0 Å². The minimum Gasteiger partial charge on any atom is -0.438 e. The van der Waals surface area contributed by atoms with Crippen molar-refractivity contribution in [3.05, 3.63) is 91.3 Å². The molecule has 0 atom stereocenters. The van der Waals surface area contributed by atoms with Gasteiger partial charge in [0.05, 0.1) is 17.3 Å². The SMILES string of the molecule is C=CCN(CC=C)/C(=C\C#N)C(=O)c1ccccc1Oc1ccccn1. The molecule has 2 rings (SSSR count). The average Bonchev–Trinajstić information content (AvgIpc) is 2.67. The molecule has 2 aromatic rings. The molecule has 5 nitrogen and oxygen atoms in total. The van der Waals surface area contributed by atoms with Crippen LogP contribution < -0.4 is 4.74 Å². The molecule has 0 aliphatic rings. The van der Waals surface area contributed by atoms with Crippen LogP contribution in [0.1, 0.15) is 10.4 Å². The van der Waals surface area contributed by atoms with Crippen LogP contribution in [0.2, 0.25) is 0 Å². The molecule has 0 spiro atoms. The van der Waals surface area contributed by atoms with Crippen molar-refractivity contribution in [1.82, 2.24) is 9.88 Å². The quantitative estimate of drug-likeness (QED) is 0.296. The maximum absolute atomic E-state index is 13.1. The summed E-state index contributed by atoms with van der Waals surface area (Å²) in [6.07, 6.45) is 6.17. The van der Waals surface area contributed by atoms with Gasteiger partial charge in [-0.05, 0) is 18.2 Å². The van der Waals surface area contributed by atoms with Crippen molar-refractivity contribution in [2.75, 3.05) is 13.1 Å². The Labute approximate surface area is 153 Å². The second-order valence-electron chi connectivity index (χ2n) is 5.24. The Morgan fingerprint density at radius 3 is 2.46 bits per heavy atom. The highest BCUT2D eigenvalue weighted by Gasteiger charge is 2.21. The number of aromatic nitrogens is 1. The van der Waals surface area contributed by atoms with Crippen LogP contribution in [0.5, 0.6) is 11.6 Å². The third kappa shape index (κ3) is 4.68. The highest BCUT2D eigenvalue weighted by Crippen LogP contribution is 2.26. The van der Waals surface area contributed by atoms with Gasteiger partial charge in [0.25, 0.3) is 0 Å². The van der Waals surface area contributed by atoms with Crippen LogP contribution in [0, 0.1) is 11.3 Å². The monoisotopic (exact) mass is 345 g/mol. The molecular weight excluding hydrogens is 326 g/mol. The van der Waals surface area contributed by atoms with Gasteiger partial charge >= 0.3 is 0 Å². The van der Waals surface area contributed by atoms with Crippen LogP contribution in [0.4, 0.5) is 0 Å². The van der Waals surface area contributed by atoms with Crippen LogP contribution >= 0.6 is 0 Å². The zero-order chi connectivity index (χ0) is 18.8. The predicted molar refractivity (Wildman–Crippen MR) is 101 cm³/mol. The zero-order valence-corrected chi connectivity index (χ0v) is 14.3. The molecule has 1 aromatic carbocycles. The first-order valence-corrected chi connectivity index (χ1v) is 8.00. The Morgan fingerprint density at radius 2 is 1.85 bits per heavy atom. The van der Waals surface area contributed by atoms with E-state index in [9.17, 15) is 4.79 Å². The largest absolute Gasteiger partial charge is 0.438 e. The van der Waals surface area contributed by atoms with Gasteiger partial charge in [-0.2, -0.15) is 5.26 Å². The molecular formula is C21H19N3O2. The first kappa shape index (κ1) is 18.7. The standard InChI is InChI=1S/C21H19N3O2/c1-3-15-24(16-4-2)18(12-13-22)21(25)17-9-5-6-10-19(17)26-20-11-7-8-14-23-20/h3-12,14H,1-2,15-16H2/b18-12-. The fourth-order valence-corrected chi connectivity index (χ4v) is 2.35. The number of nitrogens with zero attached hydrogens (tertiary/aromatic N) is 3. The molecule has 0 bridgehead atoms. The second-order valence-corrected chi connectivity index (χ2v) is 5.24. The molecule has 0 N–H and O–H groups in total. The van der Waals surface area contributed by atoms with E-state index >= 15 is 0 Å². The number of carbonyl (C=O) groups is 1. The lowest BCUT2D eigenvalue weighted by molar-refractivity contribution is 0.0995. The smallest absolute Gasteiger partial charge is 0.219 e. The van der Waals surface area contributed by atoms with Crippen molar-refractivity contribution < 1.29 is 9.53 Å². The van der Waals surface area contributed by atoms with Crippen molar-refractivity contribution in [3.63, 3.8) is 0 Å². The molecule has 5 heteroatoms. The Morgan fingerprint density at radius 1 is 1.15 bits per heavy atom. The molecule has 0 aliphatic heterocycles. The van der Waals surface area contributed by atoms with Gasteiger partial charge in [0.15, 0.2) is 0 Å². The normalized spacial score (nSPS) is 10.5. The summed E-state index contributed by atoms with van der Waals surface area (Å²) in [6.45, 7) is 8.22. The van der Waals surface area contributed by atoms with Gasteiger partial charge in [0.2, 0.25) is 11.7 Å². The van der Waals surface area contributed by atoms with E-state index in [1.54, 1.807) is 65.7 Å². The van der Waals surface area contributed by atoms with Gasteiger partial charge in [-0.3, -0.25) is 4.79 Å². The van der Waals surface area contributed by atoms with Gasteiger partial charge in [-0.15, -0.1) is 13.2 Å². The van der Waals surface area contributed by atoms with Gasteiger partial charge in [-0.25, -0.2) is 4.98 Å². The van der Waals surface area contributed by atoms with E-state index in [1.807, 2.05) is 6.07 Å². The number of nitriles is 1. The summed E-state index contributed by atoms with van der Waals surface area (Å²) in [7, 11) is 0. The van der Waals surface area contributed by atoms with Crippen LogP contribution in [0.15, 0.2) is 85.7 Å². The van der Waals surface area contributed by atoms with Crippen LogP contribution in [-0.2, 0) is 0 Å². The molecule has 130 valence electrons. The summed E-state index contributed by atoms with van der Waals surface area (Å²) < 4.78 is 5.76. The molecule has 0 unspecified atom stereocenters. The molecule has 0 saturated heterocycles. The lowest BCUT2D eigenvalue weighted by Gasteiger charge is -2.23. The van der Waals surface area contributed by atoms with Crippen molar-refractivity contribution >= 4 is 5.78 Å². The molecule has 0 radical (unpaired) electrons. The highest BCUT2D eigenvalue weighted by atomic mass is 16.5. The number of carbonyl (C=O) groups excluding carboxylic acids is 1. The van der Waals surface area contributed by atoms with E-state index in [4.69, 9.17) is 10.00 Å². The maximum atomic E-state index is 13.1. The molecule has 1 heterocycles. The maximum Gasteiger partial charge on any atom is 0.219 e. The summed E-state index contributed by atoms with van der Waals surface area (Å²) in [4.78, 5) is 18.9. The molecule has 0 amide bonds. The Bertz CT molecular complexity index is 841. The fraction of sp³-hybridized carbons (Fsp3) is 0.0952. The number of para-hydroxylation sites is 1. The van der Waals surface area contributed by atoms with Gasteiger partial charge in [0, 0.05) is 31.4 Å². The number of ketones is 1. The number of pyridine rings is 1. The van der Waals surface area contributed by atoms with E-state index in [2.05, 4.69) is 18.1 Å². The van der Waals surface area contributed by atoms with Gasteiger partial charge < -0.3 is 9.64 Å². The lowest BCUT2D eigenvalue weighted by atomic mass is 10.1. The van der Waals surface area contributed by atoms with Crippen LogP contribution in [-0.4, -0.2) is 28.8 Å². The third-order valence-electron chi connectivity index (χ3n) is 3.46. The first-order valence-electron chi connectivity index (χ1n) is 8.00. The number of benzene rings is 1. The van der Waals surface area contributed by atoms with E-state index in [-0.39, 0.29) is 11.5 Å². The Hall–Kier alpha value is -3.65. The average molecular weight is 345 g/mol. The minimum absolute atomic E-state index is 0.254. The second kappa shape index (κ2) is 9.60. The number of ether oxygens (including phenoxy) is 1. The summed E-state index contributed by atoms with van der Waals surface area (Å²) in [6, 6.07) is 14.1. The summed E-state index contributed by atoms with van der Waals surface area (Å²) in [5.41, 5.74) is 0.599. The van der Waals surface area contributed by atoms with E-state index in [0.29, 0.717) is 30.3 Å². The highest BCUT2D eigenvalue weighted by molar-refractivity contribution is 6.10. The minimum atomic E-state index is -0.318. The third-order valence-corrected chi connectivity index (χ3v) is 3.46. The fourth-order valence-electron chi connectivity index (χ4n) is 2.35. The van der Waals surface area contributed by atoms with Gasteiger partial charge in [-0.1, -0.05) is 30.4 Å². The molecule has 1 aromatic heterocycles. The van der Waals surface area contributed by atoms with Gasteiger partial charge in [0.1, 0.15) is 5.75 Å². The van der Waals surface area contributed by atoms with Crippen molar-refractivity contribution in [1.29, 1.82) is 5.26 Å². The number of hydrogen-bond acceptors (Lipinski definition) is 5. The summed E-state index contributed by atoms with van der Waals surface area (Å²) in [5.74, 6) is 0.437. The molecule has 0 fully saturated rings. The number of hydrogen-bond donors (Lipinski definition) is 0. The number of rotatable bonds is 9. The zero-order valence-electron chi connectivity index (χ0n) is 14.3. The number of allylic oxidation sites excluding steroid dienone is 2. The molecule has 0 aliphatic carbocycles. The van der Waals surface area contributed by atoms with E-state index in [1.165, 1.54) is 6.08 Å². The number of Topliss-reactive ketones (excluding diaryl/α,β-unsaturated/α-hetero) is 1. The lowest BCUT2D eigenvalue weighted by Crippen LogP contribution is -2.28. The van der Waals surface area contributed by atoms with E-state index in [0.717, 1.165) is 0 Å².